The molecule has 3 aromatic heterocycles. The molecule has 3 aromatic rings. The summed E-state index contributed by atoms with van der Waals surface area (Å²) in [7, 11) is 1.76. The molecule has 0 radical (unpaired) electrons. The van der Waals surface area contributed by atoms with E-state index in [2.05, 4.69) is 20.5 Å². The van der Waals surface area contributed by atoms with Crippen LogP contribution < -0.4 is 5.32 Å². The summed E-state index contributed by atoms with van der Waals surface area (Å²) in [5.41, 5.74) is 1.98. The lowest BCUT2D eigenvalue weighted by Crippen LogP contribution is -2.17. The van der Waals surface area contributed by atoms with Crippen LogP contribution in [0.4, 0.5) is 5.69 Å². The van der Waals surface area contributed by atoms with Crippen molar-refractivity contribution in [3.8, 4) is 5.82 Å². The molecular formula is C15H16N6O. The van der Waals surface area contributed by atoms with Crippen molar-refractivity contribution >= 4 is 11.6 Å². The van der Waals surface area contributed by atoms with E-state index in [9.17, 15) is 4.79 Å². The lowest BCUT2D eigenvalue weighted by molar-refractivity contribution is 0.101. The number of anilines is 1. The number of amides is 1. The summed E-state index contributed by atoms with van der Waals surface area (Å²) >= 11 is 0. The molecule has 0 atom stereocenters. The van der Waals surface area contributed by atoms with Crippen LogP contribution in [0.25, 0.3) is 5.82 Å². The molecule has 0 unspecified atom stereocenters. The van der Waals surface area contributed by atoms with Gasteiger partial charge in [-0.15, -0.1) is 0 Å². The molecule has 0 aliphatic heterocycles. The molecule has 0 aromatic carbocycles. The monoisotopic (exact) mass is 296 g/mol. The molecule has 1 amide bonds. The minimum absolute atomic E-state index is 0.226. The lowest BCUT2D eigenvalue weighted by atomic mass is 10.3. The van der Waals surface area contributed by atoms with Crippen LogP contribution in [0.1, 0.15) is 23.1 Å². The van der Waals surface area contributed by atoms with Crippen molar-refractivity contribution < 1.29 is 4.79 Å². The highest BCUT2D eigenvalue weighted by Gasteiger charge is 2.15. The zero-order chi connectivity index (χ0) is 15.5. The molecule has 112 valence electrons. The fourth-order valence-electron chi connectivity index (χ4n) is 2.17. The van der Waals surface area contributed by atoms with Crippen molar-refractivity contribution in [2.24, 2.45) is 7.05 Å². The van der Waals surface area contributed by atoms with Crippen molar-refractivity contribution in [2.45, 2.75) is 13.3 Å². The van der Waals surface area contributed by atoms with Crippen LogP contribution in [0.3, 0.4) is 0 Å². The highest BCUT2D eigenvalue weighted by atomic mass is 16.2. The number of aryl methyl sites for hydroxylation is 2. The maximum absolute atomic E-state index is 12.5. The minimum atomic E-state index is -0.226. The van der Waals surface area contributed by atoms with Crippen LogP contribution in [0.2, 0.25) is 0 Å². The van der Waals surface area contributed by atoms with Gasteiger partial charge in [-0.3, -0.25) is 9.48 Å². The molecule has 22 heavy (non-hydrogen) atoms. The first-order valence-electron chi connectivity index (χ1n) is 6.98. The van der Waals surface area contributed by atoms with E-state index in [1.165, 1.54) is 0 Å². The van der Waals surface area contributed by atoms with Gasteiger partial charge in [-0.25, -0.2) is 9.67 Å². The average Bonchev–Trinajstić information content (AvgIpc) is 3.17. The van der Waals surface area contributed by atoms with Gasteiger partial charge in [0.15, 0.2) is 5.82 Å². The van der Waals surface area contributed by atoms with E-state index in [4.69, 9.17) is 0 Å². The molecular weight excluding hydrogens is 280 g/mol. The van der Waals surface area contributed by atoms with Crippen molar-refractivity contribution in [3.05, 3.63) is 54.2 Å². The first kappa shape index (κ1) is 14.0. The number of hydrogen-bond donors (Lipinski definition) is 1. The highest BCUT2D eigenvalue weighted by Crippen LogP contribution is 2.17. The molecule has 7 nitrogen and oxygen atoms in total. The van der Waals surface area contributed by atoms with Gasteiger partial charge in [0.2, 0.25) is 0 Å². The normalized spacial score (nSPS) is 10.6. The Labute approximate surface area is 127 Å². The van der Waals surface area contributed by atoms with Gasteiger partial charge in [0.25, 0.3) is 5.91 Å². The van der Waals surface area contributed by atoms with Gasteiger partial charge in [0, 0.05) is 25.6 Å². The van der Waals surface area contributed by atoms with Crippen LogP contribution >= 0.6 is 0 Å². The molecule has 0 bridgehead atoms. The molecule has 1 N–H and O–H groups in total. The molecule has 0 aliphatic carbocycles. The average molecular weight is 296 g/mol. The van der Waals surface area contributed by atoms with E-state index in [0.29, 0.717) is 17.2 Å². The van der Waals surface area contributed by atoms with Gasteiger partial charge < -0.3 is 5.32 Å². The number of nitrogens with one attached hydrogen (secondary N) is 1. The lowest BCUT2D eigenvalue weighted by Gasteiger charge is -2.09. The summed E-state index contributed by atoms with van der Waals surface area (Å²) in [6, 6.07) is 7.15. The van der Waals surface area contributed by atoms with Crippen LogP contribution in [0.15, 0.2) is 42.9 Å². The predicted molar refractivity (Wildman–Crippen MR) is 81.9 cm³/mol. The number of aromatic nitrogens is 5. The summed E-state index contributed by atoms with van der Waals surface area (Å²) in [5, 5.41) is 11.3. The van der Waals surface area contributed by atoms with Gasteiger partial charge in [0.1, 0.15) is 5.69 Å². The highest BCUT2D eigenvalue weighted by molar-refractivity contribution is 6.04. The zero-order valence-corrected chi connectivity index (χ0v) is 12.4. The standard InChI is InChI=1S/C15H16N6O/c1-3-11-10-13(20(2)19-11)15(22)18-12-6-4-7-16-14(12)21-9-5-8-17-21/h4-10H,3H2,1-2H3,(H,18,22). The fourth-order valence-corrected chi connectivity index (χ4v) is 2.17. The second-order valence-electron chi connectivity index (χ2n) is 4.78. The Morgan fingerprint density at radius 1 is 1.32 bits per heavy atom. The number of pyridine rings is 1. The molecule has 0 saturated heterocycles. The number of carbonyl (C=O) groups excluding carboxylic acids is 1. The van der Waals surface area contributed by atoms with Crippen LogP contribution in [-0.2, 0) is 13.5 Å². The second kappa shape index (κ2) is 5.80. The first-order chi connectivity index (χ1) is 10.7. The van der Waals surface area contributed by atoms with E-state index in [-0.39, 0.29) is 5.91 Å². The molecule has 0 fully saturated rings. The maximum atomic E-state index is 12.5. The molecule has 0 aliphatic rings. The van der Waals surface area contributed by atoms with Crippen molar-refractivity contribution in [1.82, 2.24) is 24.5 Å². The largest absolute Gasteiger partial charge is 0.317 e. The number of carbonyl (C=O) groups is 1. The van der Waals surface area contributed by atoms with E-state index < -0.39 is 0 Å². The summed E-state index contributed by atoms with van der Waals surface area (Å²) in [4.78, 5) is 16.7. The SMILES string of the molecule is CCc1cc(C(=O)Nc2cccnc2-n2cccn2)n(C)n1. The Bertz CT molecular complexity index is 790. The van der Waals surface area contributed by atoms with Crippen LogP contribution in [0.5, 0.6) is 0 Å². The molecule has 7 heteroatoms. The third kappa shape index (κ3) is 2.60. The smallest absolute Gasteiger partial charge is 0.274 e. The third-order valence-electron chi connectivity index (χ3n) is 3.28. The van der Waals surface area contributed by atoms with E-state index >= 15 is 0 Å². The molecule has 3 heterocycles. The Hall–Kier alpha value is -2.96. The summed E-state index contributed by atoms with van der Waals surface area (Å²) in [6.07, 6.45) is 5.88. The van der Waals surface area contributed by atoms with Gasteiger partial charge in [-0.2, -0.15) is 10.2 Å². The Morgan fingerprint density at radius 2 is 2.18 bits per heavy atom. The fraction of sp³-hybridized carbons (Fsp3) is 0.200. The summed E-state index contributed by atoms with van der Waals surface area (Å²) < 4.78 is 3.19. The number of nitrogens with zero attached hydrogens (tertiary/aromatic N) is 5. The summed E-state index contributed by atoms with van der Waals surface area (Å²) in [6.45, 7) is 2.00. The van der Waals surface area contributed by atoms with Gasteiger partial charge in [-0.05, 0) is 30.7 Å². The molecule has 0 saturated carbocycles. The van der Waals surface area contributed by atoms with E-state index in [0.717, 1.165) is 12.1 Å². The maximum Gasteiger partial charge on any atom is 0.274 e. The van der Waals surface area contributed by atoms with Crippen molar-refractivity contribution in [3.63, 3.8) is 0 Å². The number of hydrogen-bond acceptors (Lipinski definition) is 4. The Morgan fingerprint density at radius 3 is 2.86 bits per heavy atom. The van der Waals surface area contributed by atoms with E-state index in [1.807, 2.05) is 6.92 Å². The Balaban J connectivity index is 1.90. The number of rotatable bonds is 4. The van der Waals surface area contributed by atoms with E-state index in [1.54, 1.807) is 59.3 Å². The van der Waals surface area contributed by atoms with Crippen LogP contribution in [-0.4, -0.2) is 30.5 Å². The minimum Gasteiger partial charge on any atom is -0.317 e. The third-order valence-corrected chi connectivity index (χ3v) is 3.28. The summed E-state index contributed by atoms with van der Waals surface area (Å²) in [5.74, 6) is 0.342. The molecule has 0 spiro atoms. The molecule has 3 rings (SSSR count). The van der Waals surface area contributed by atoms with Gasteiger partial charge >= 0.3 is 0 Å². The van der Waals surface area contributed by atoms with Crippen LogP contribution in [0, 0.1) is 0 Å². The Kier molecular flexibility index (Phi) is 3.69. The first-order valence-corrected chi connectivity index (χ1v) is 6.98. The zero-order valence-electron chi connectivity index (χ0n) is 12.4. The topological polar surface area (TPSA) is 77.6 Å². The van der Waals surface area contributed by atoms with Gasteiger partial charge in [-0.1, -0.05) is 6.92 Å². The van der Waals surface area contributed by atoms with Crippen molar-refractivity contribution in [1.29, 1.82) is 0 Å². The predicted octanol–water partition coefficient (Wildman–Crippen LogP) is 1.82. The quantitative estimate of drug-likeness (QED) is 0.796. The van der Waals surface area contributed by atoms with Crippen molar-refractivity contribution in [2.75, 3.05) is 5.32 Å². The van der Waals surface area contributed by atoms with Gasteiger partial charge in [0.05, 0.1) is 11.4 Å². The second-order valence-corrected chi connectivity index (χ2v) is 4.78.